The summed E-state index contributed by atoms with van der Waals surface area (Å²) in [5, 5.41) is 13.2. The number of hydrogen-bond donors (Lipinski definition) is 2. The fraction of sp³-hybridized carbons (Fsp3) is 0.682. The topological polar surface area (TPSA) is 92.7 Å². The number of thiophene rings is 1. The Hall–Kier alpha value is -1.89. The van der Waals surface area contributed by atoms with Crippen LogP contribution in [0, 0.1) is 23.7 Å². The van der Waals surface area contributed by atoms with Gasteiger partial charge in [-0.15, -0.1) is 11.3 Å². The van der Waals surface area contributed by atoms with Crippen molar-refractivity contribution >= 4 is 34.2 Å². The van der Waals surface area contributed by atoms with Crippen LogP contribution in [0.2, 0.25) is 0 Å². The molecule has 1 aromatic heterocycles. The third-order valence-corrected chi connectivity index (χ3v) is 8.05. The summed E-state index contributed by atoms with van der Waals surface area (Å²) in [6.07, 6.45) is 8.24. The van der Waals surface area contributed by atoms with Crippen molar-refractivity contribution in [1.29, 1.82) is 0 Å². The third-order valence-electron chi connectivity index (χ3n) is 6.85. The lowest BCUT2D eigenvalue weighted by Crippen LogP contribution is -2.38. The van der Waals surface area contributed by atoms with E-state index in [-0.39, 0.29) is 23.7 Å². The Kier molecular flexibility index (Phi) is 5.95. The molecule has 7 heteroatoms. The van der Waals surface area contributed by atoms with E-state index in [1.165, 1.54) is 11.3 Å². The summed E-state index contributed by atoms with van der Waals surface area (Å²) in [4.78, 5) is 38.9. The molecule has 0 aromatic carbocycles. The Bertz CT molecular complexity index is 816. The molecule has 1 heterocycles. The number of aryl methyl sites for hydroxylation is 1. The van der Waals surface area contributed by atoms with E-state index < -0.39 is 17.8 Å². The molecule has 6 nitrogen and oxygen atoms in total. The first kappa shape index (κ1) is 20.4. The summed E-state index contributed by atoms with van der Waals surface area (Å²) in [5.74, 6) is -2.36. The zero-order chi connectivity index (χ0) is 20.5. The molecular formula is C22H29NO5S. The maximum atomic E-state index is 13.1. The van der Waals surface area contributed by atoms with Gasteiger partial charge in [0.25, 0.3) is 0 Å². The van der Waals surface area contributed by atoms with E-state index in [1.54, 1.807) is 0 Å². The number of fused-ring (bicyclic) bond motifs is 3. The van der Waals surface area contributed by atoms with Crippen LogP contribution in [0.1, 0.15) is 72.7 Å². The predicted molar refractivity (Wildman–Crippen MR) is 110 cm³/mol. The van der Waals surface area contributed by atoms with Gasteiger partial charge >= 0.3 is 11.9 Å². The molecule has 29 heavy (non-hydrogen) atoms. The Balaban J connectivity index is 1.58. The molecule has 2 N–H and O–H groups in total. The van der Waals surface area contributed by atoms with Crippen LogP contribution in [-0.2, 0) is 27.2 Å². The summed E-state index contributed by atoms with van der Waals surface area (Å²) in [6.45, 7) is 2.42. The van der Waals surface area contributed by atoms with Crippen LogP contribution >= 0.6 is 11.3 Å². The molecular weight excluding hydrogens is 390 g/mol. The number of hydrogen-bond acceptors (Lipinski definition) is 5. The zero-order valence-electron chi connectivity index (χ0n) is 16.9. The molecule has 3 aliphatic carbocycles. The molecule has 4 rings (SSSR count). The molecule has 3 aliphatic rings. The minimum absolute atomic E-state index is 0.100. The monoisotopic (exact) mass is 419 g/mol. The highest BCUT2D eigenvalue weighted by atomic mass is 32.1. The van der Waals surface area contributed by atoms with Gasteiger partial charge in [0.05, 0.1) is 24.0 Å². The molecule has 158 valence electrons. The third kappa shape index (κ3) is 3.81. The SMILES string of the molecule is CCCCOC(=O)c1c(NC(=O)[C@@H]2[C@H]3CC[C@H](C3)[C@H]2C(=O)O)sc2c1CCCC2. The maximum Gasteiger partial charge on any atom is 0.341 e. The first-order chi connectivity index (χ1) is 14.0. The van der Waals surface area contributed by atoms with E-state index in [9.17, 15) is 19.5 Å². The van der Waals surface area contributed by atoms with Crippen molar-refractivity contribution < 1.29 is 24.2 Å². The molecule has 4 atom stereocenters. The lowest BCUT2D eigenvalue weighted by molar-refractivity contribution is -0.148. The molecule has 0 aliphatic heterocycles. The van der Waals surface area contributed by atoms with E-state index in [2.05, 4.69) is 5.32 Å². The number of carbonyl (C=O) groups excluding carboxylic acids is 2. The molecule has 0 unspecified atom stereocenters. The molecule has 1 aromatic rings. The lowest BCUT2D eigenvalue weighted by atomic mass is 9.78. The fourth-order valence-corrected chi connectivity index (χ4v) is 6.75. The van der Waals surface area contributed by atoms with E-state index in [0.29, 0.717) is 17.2 Å². The summed E-state index contributed by atoms with van der Waals surface area (Å²) in [7, 11) is 0. The number of carbonyl (C=O) groups is 3. The van der Waals surface area contributed by atoms with Crippen molar-refractivity contribution in [3.63, 3.8) is 0 Å². The summed E-state index contributed by atoms with van der Waals surface area (Å²) < 4.78 is 5.47. The Labute approximate surface area is 175 Å². The van der Waals surface area contributed by atoms with Crippen molar-refractivity contribution in [2.24, 2.45) is 23.7 Å². The number of anilines is 1. The van der Waals surface area contributed by atoms with Gasteiger partial charge in [-0.2, -0.15) is 0 Å². The molecule has 0 spiro atoms. The summed E-state index contributed by atoms with van der Waals surface area (Å²) in [6, 6.07) is 0. The molecule has 2 saturated carbocycles. The number of unbranched alkanes of at least 4 members (excludes halogenated alkanes) is 1. The van der Waals surface area contributed by atoms with Gasteiger partial charge in [-0.25, -0.2) is 4.79 Å². The Morgan fingerprint density at radius 1 is 1.14 bits per heavy atom. The average Bonchev–Trinajstić information content (AvgIpc) is 3.40. The van der Waals surface area contributed by atoms with Gasteiger partial charge in [-0.05, 0) is 68.8 Å². The van der Waals surface area contributed by atoms with Crippen molar-refractivity contribution in [1.82, 2.24) is 0 Å². The summed E-state index contributed by atoms with van der Waals surface area (Å²) >= 11 is 1.47. The van der Waals surface area contributed by atoms with Gasteiger partial charge in [0.1, 0.15) is 5.00 Å². The largest absolute Gasteiger partial charge is 0.481 e. The van der Waals surface area contributed by atoms with Crippen LogP contribution < -0.4 is 5.32 Å². The number of carboxylic acids is 1. The second-order valence-corrected chi connectivity index (χ2v) is 9.72. The fourth-order valence-electron chi connectivity index (χ4n) is 5.47. The van der Waals surface area contributed by atoms with Crippen LogP contribution in [0.4, 0.5) is 5.00 Å². The van der Waals surface area contributed by atoms with Gasteiger partial charge in [-0.1, -0.05) is 13.3 Å². The van der Waals surface area contributed by atoms with Crippen molar-refractivity contribution in [2.45, 2.75) is 64.7 Å². The smallest absolute Gasteiger partial charge is 0.341 e. The van der Waals surface area contributed by atoms with E-state index in [0.717, 1.165) is 68.2 Å². The number of carboxylic acid groups (broad SMARTS) is 1. The maximum absolute atomic E-state index is 13.1. The molecule has 2 bridgehead atoms. The normalized spacial score (nSPS) is 27.5. The average molecular weight is 420 g/mol. The van der Waals surface area contributed by atoms with Crippen LogP contribution in [0.15, 0.2) is 0 Å². The standard InChI is InChI=1S/C22H29NO5S/c1-2-3-10-28-22(27)18-14-6-4-5-7-15(14)29-20(18)23-19(24)16-12-8-9-13(11-12)17(16)21(25)26/h12-13,16-17H,2-11H2,1H3,(H,23,24)(H,25,26)/t12-,13+,16+,17+/m0/s1. The highest BCUT2D eigenvalue weighted by molar-refractivity contribution is 7.17. The lowest BCUT2D eigenvalue weighted by Gasteiger charge is -2.27. The van der Waals surface area contributed by atoms with Gasteiger partial charge in [0, 0.05) is 4.88 Å². The quantitative estimate of drug-likeness (QED) is 0.509. The molecule has 1 amide bonds. The van der Waals surface area contributed by atoms with Crippen molar-refractivity contribution in [3.05, 3.63) is 16.0 Å². The number of amides is 1. The van der Waals surface area contributed by atoms with Crippen LogP contribution in [-0.4, -0.2) is 29.6 Å². The second-order valence-electron chi connectivity index (χ2n) is 8.62. The van der Waals surface area contributed by atoms with E-state index in [1.807, 2.05) is 6.92 Å². The van der Waals surface area contributed by atoms with Crippen molar-refractivity contribution in [3.8, 4) is 0 Å². The highest BCUT2D eigenvalue weighted by Crippen LogP contribution is 2.53. The van der Waals surface area contributed by atoms with Crippen LogP contribution in [0.25, 0.3) is 0 Å². The predicted octanol–water partition coefficient (Wildman–Crippen LogP) is 4.27. The number of esters is 1. The van der Waals surface area contributed by atoms with Crippen molar-refractivity contribution in [2.75, 3.05) is 11.9 Å². The number of ether oxygens (including phenoxy) is 1. The van der Waals surface area contributed by atoms with Gasteiger partial charge in [-0.3, -0.25) is 9.59 Å². The zero-order valence-corrected chi connectivity index (χ0v) is 17.7. The number of nitrogens with one attached hydrogen (secondary N) is 1. The minimum atomic E-state index is -0.873. The van der Waals surface area contributed by atoms with Crippen LogP contribution in [0.3, 0.4) is 0 Å². The first-order valence-electron chi connectivity index (χ1n) is 10.9. The Morgan fingerprint density at radius 2 is 1.86 bits per heavy atom. The minimum Gasteiger partial charge on any atom is -0.481 e. The molecule has 2 fully saturated rings. The van der Waals surface area contributed by atoms with Gasteiger partial charge < -0.3 is 15.2 Å². The highest BCUT2D eigenvalue weighted by Gasteiger charge is 2.54. The summed E-state index contributed by atoms with van der Waals surface area (Å²) in [5.41, 5.74) is 1.52. The van der Waals surface area contributed by atoms with E-state index in [4.69, 9.17) is 4.74 Å². The van der Waals surface area contributed by atoms with Gasteiger partial charge in [0.15, 0.2) is 0 Å². The van der Waals surface area contributed by atoms with E-state index >= 15 is 0 Å². The van der Waals surface area contributed by atoms with Gasteiger partial charge in [0.2, 0.25) is 5.91 Å². The number of rotatable bonds is 7. The molecule has 0 radical (unpaired) electrons. The van der Waals surface area contributed by atoms with Crippen LogP contribution in [0.5, 0.6) is 0 Å². The second kappa shape index (κ2) is 8.46. The number of aliphatic carboxylic acids is 1. The molecule has 0 saturated heterocycles. The first-order valence-corrected chi connectivity index (χ1v) is 11.7. The Morgan fingerprint density at radius 3 is 2.59 bits per heavy atom.